The molecule has 1 saturated heterocycles. The Hall–Kier alpha value is -1.39. The molecule has 11 heteroatoms. The molecule has 186 valence electrons. The molecule has 0 amide bonds. The number of hydrogen-bond donors (Lipinski definition) is 2. The van der Waals surface area contributed by atoms with Gasteiger partial charge in [-0.15, -0.1) is 0 Å². The summed E-state index contributed by atoms with van der Waals surface area (Å²) in [6.45, 7) is 17.4. The zero-order chi connectivity index (χ0) is 25.0. The Kier molecular flexibility index (Phi) is 9.20. The van der Waals surface area contributed by atoms with E-state index in [0.717, 1.165) is 0 Å². The number of aromatic amines is 1. The highest BCUT2D eigenvalue weighted by atomic mass is 32.2. The molecule has 33 heavy (non-hydrogen) atoms. The van der Waals surface area contributed by atoms with Crippen LogP contribution in [0.5, 0.6) is 0 Å². The number of aromatic nitrogens is 2. The molecule has 0 aliphatic carbocycles. The van der Waals surface area contributed by atoms with Crippen molar-refractivity contribution in [3.05, 3.63) is 32.6 Å². The van der Waals surface area contributed by atoms with E-state index in [-0.39, 0.29) is 34.2 Å². The third-order valence-electron chi connectivity index (χ3n) is 5.63. The van der Waals surface area contributed by atoms with Crippen molar-refractivity contribution in [1.29, 1.82) is 0 Å². The van der Waals surface area contributed by atoms with Crippen molar-refractivity contribution in [1.82, 2.24) is 9.55 Å². The Labute approximate surface area is 201 Å². The zero-order valence-corrected chi connectivity index (χ0v) is 22.6. The van der Waals surface area contributed by atoms with Crippen LogP contribution in [0, 0.1) is 11.8 Å². The number of ether oxygens (including phenoxy) is 1. The summed E-state index contributed by atoms with van der Waals surface area (Å²) in [5.74, 6) is 10.3. The maximum Gasteiger partial charge on any atom is 0.330 e. The van der Waals surface area contributed by atoms with Gasteiger partial charge < -0.3 is 13.3 Å². The first kappa shape index (κ1) is 27.8. The molecule has 9 nitrogen and oxygen atoms in total. The van der Waals surface area contributed by atoms with Gasteiger partial charge in [0.1, 0.15) is 24.5 Å². The fourth-order valence-electron chi connectivity index (χ4n) is 2.94. The highest BCUT2D eigenvalue weighted by Gasteiger charge is 2.45. The Morgan fingerprint density at radius 2 is 1.94 bits per heavy atom. The first-order valence-electron chi connectivity index (χ1n) is 10.9. The van der Waals surface area contributed by atoms with Crippen molar-refractivity contribution >= 4 is 20.4 Å². The van der Waals surface area contributed by atoms with Gasteiger partial charge in [0.05, 0.1) is 12.7 Å². The van der Waals surface area contributed by atoms with Crippen LogP contribution in [0.2, 0.25) is 18.1 Å². The van der Waals surface area contributed by atoms with Crippen LogP contribution in [0.15, 0.2) is 15.8 Å². The average molecular weight is 500 g/mol. The normalized spacial score (nSPS) is 21.7. The number of nitrogens with two attached hydrogens (primary N) is 1. The van der Waals surface area contributed by atoms with Gasteiger partial charge in [-0.05, 0) is 50.9 Å². The summed E-state index contributed by atoms with van der Waals surface area (Å²) in [5, 5.41) is 0.0132. The fourth-order valence-corrected chi connectivity index (χ4v) is 4.85. The SMILES string of the molecule is CC(C)(C)SOC[C@H]1O[C@@H](n2cc(C#CCON)c(=O)[nH]c2=O)CC1O[Si](C)(C)C(C)(C)C. The van der Waals surface area contributed by atoms with Crippen molar-refractivity contribution in [3.8, 4) is 11.8 Å². The summed E-state index contributed by atoms with van der Waals surface area (Å²) in [6.07, 6.45) is 0.620. The van der Waals surface area contributed by atoms with Crippen LogP contribution in [0.4, 0.5) is 0 Å². The molecular weight excluding hydrogens is 462 g/mol. The van der Waals surface area contributed by atoms with Crippen molar-refractivity contribution in [2.75, 3.05) is 13.2 Å². The van der Waals surface area contributed by atoms with Gasteiger partial charge in [-0.3, -0.25) is 19.2 Å². The third-order valence-corrected chi connectivity index (χ3v) is 10.9. The number of H-pyrrole nitrogens is 1. The van der Waals surface area contributed by atoms with Crippen LogP contribution < -0.4 is 17.1 Å². The van der Waals surface area contributed by atoms with Crippen LogP contribution in [0.1, 0.15) is 59.8 Å². The smallest absolute Gasteiger partial charge is 0.330 e. The molecule has 1 aliphatic rings. The largest absolute Gasteiger partial charge is 0.411 e. The number of rotatable bonds is 7. The van der Waals surface area contributed by atoms with Gasteiger partial charge in [0.2, 0.25) is 0 Å². The van der Waals surface area contributed by atoms with Gasteiger partial charge >= 0.3 is 5.69 Å². The van der Waals surface area contributed by atoms with E-state index >= 15 is 0 Å². The molecule has 1 unspecified atom stereocenters. The lowest BCUT2D eigenvalue weighted by Gasteiger charge is -2.39. The van der Waals surface area contributed by atoms with E-state index in [2.05, 4.69) is 76.3 Å². The van der Waals surface area contributed by atoms with Gasteiger partial charge in [-0.1, -0.05) is 32.6 Å². The number of nitrogens with zero attached hydrogens (tertiary/aromatic N) is 1. The third kappa shape index (κ3) is 7.82. The molecule has 3 atom stereocenters. The molecular formula is C22H37N3O6SSi. The quantitative estimate of drug-likeness (QED) is 0.254. The molecule has 2 rings (SSSR count). The summed E-state index contributed by atoms with van der Waals surface area (Å²) >= 11 is 1.38. The van der Waals surface area contributed by atoms with Crippen LogP contribution in [0.3, 0.4) is 0 Å². The summed E-state index contributed by atoms with van der Waals surface area (Å²) in [5.41, 5.74) is -1.02. The maximum absolute atomic E-state index is 12.6. The second-order valence-corrected chi connectivity index (χ2v) is 17.0. The van der Waals surface area contributed by atoms with Crippen LogP contribution in [0.25, 0.3) is 0 Å². The molecule has 0 spiro atoms. The Morgan fingerprint density at radius 3 is 2.52 bits per heavy atom. The standard InChI is InChI=1S/C22H37N3O6SSi/c1-21(2,3)32-29-14-17-16(31-33(7,8)22(4,5)6)12-18(30-17)25-13-15(10-9-11-28-23)19(26)24-20(25)27/h13,16-18H,11-12,14,23H2,1-8H3,(H,24,26,27)/t16?,17-,18-/m1/s1. The summed E-state index contributed by atoms with van der Waals surface area (Å²) in [7, 11) is -2.11. The van der Waals surface area contributed by atoms with E-state index in [1.807, 2.05) is 0 Å². The lowest BCUT2D eigenvalue weighted by Crippen LogP contribution is -2.46. The zero-order valence-electron chi connectivity index (χ0n) is 20.8. The van der Waals surface area contributed by atoms with Gasteiger partial charge in [0.15, 0.2) is 8.32 Å². The molecule has 1 fully saturated rings. The molecule has 1 aromatic rings. The first-order chi connectivity index (χ1) is 15.1. The maximum atomic E-state index is 12.6. The van der Waals surface area contributed by atoms with Crippen molar-refractivity contribution in [3.63, 3.8) is 0 Å². The molecule has 0 aromatic carbocycles. The van der Waals surface area contributed by atoms with E-state index in [1.165, 1.54) is 22.8 Å². The highest BCUT2D eigenvalue weighted by Crippen LogP contribution is 2.41. The summed E-state index contributed by atoms with van der Waals surface area (Å²) < 4.78 is 20.1. The van der Waals surface area contributed by atoms with Crippen LogP contribution in [-0.4, -0.2) is 48.0 Å². The Bertz CT molecular complexity index is 983. The predicted octanol–water partition coefficient (Wildman–Crippen LogP) is 2.92. The van der Waals surface area contributed by atoms with Gasteiger partial charge in [-0.2, -0.15) is 0 Å². The average Bonchev–Trinajstić information content (AvgIpc) is 3.03. The minimum absolute atomic E-state index is 0.0132. The van der Waals surface area contributed by atoms with Crippen molar-refractivity contribution in [2.45, 2.75) is 89.3 Å². The predicted molar refractivity (Wildman–Crippen MR) is 132 cm³/mol. The molecule has 3 N–H and O–H groups in total. The molecule has 2 heterocycles. The van der Waals surface area contributed by atoms with Crippen molar-refractivity contribution < 1.29 is 18.2 Å². The molecule has 0 bridgehead atoms. The molecule has 0 saturated carbocycles. The first-order valence-corrected chi connectivity index (χ1v) is 14.6. The molecule has 0 radical (unpaired) electrons. The minimum atomic E-state index is -2.11. The fraction of sp³-hybridized carbons (Fsp3) is 0.727. The van der Waals surface area contributed by atoms with E-state index < -0.39 is 25.8 Å². The monoisotopic (exact) mass is 499 g/mol. The second-order valence-electron chi connectivity index (χ2n) is 10.6. The van der Waals surface area contributed by atoms with E-state index in [1.54, 1.807) is 0 Å². The van der Waals surface area contributed by atoms with E-state index in [9.17, 15) is 9.59 Å². The summed E-state index contributed by atoms with van der Waals surface area (Å²) in [4.78, 5) is 31.4. The van der Waals surface area contributed by atoms with E-state index in [4.69, 9.17) is 19.2 Å². The number of hydrogen-bond acceptors (Lipinski definition) is 8. The highest BCUT2D eigenvalue weighted by molar-refractivity contribution is 7.96. The van der Waals surface area contributed by atoms with Crippen LogP contribution >= 0.6 is 12.0 Å². The molecule has 1 aromatic heterocycles. The minimum Gasteiger partial charge on any atom is -0.411 e. The lowest BCUT2D eigenvalue weighted by molar-refractivity contribution is -0.0362. The van der Waals surface area contributed by atoms with E-state index in [0.29, 0.717) is 13.0 Å². The van der Waals surface area contributed by atoms with Gasteiger partial charge in [0, 0.05) is 17.4 Å². The van der Waals surface area contributed by atoms with Crippen molar-refractivity contribution in [2.24, 2.45) is 5.90 Å². The number of nitrogens with one attached hydrogen (secondary N) is 1. The van der Waals surface area contributed by atoms with Gasteiger partial charge in [0.25, 0.3) is 5.56 Å². The second kappa shape index (κ2) is 10.9. The van der Waals surface area contributed by atoms with Gasteiger partial charge in [-0.25, -0.2) is 10.7 Å². The Morgan fingerprint density at radius 1 is 1.27 bits per heavy atom. The van der Waals surface area contributed by atoms with Crippen LogP contribution in [-0.2, 0) is 18.2 Å². The lowest BCUT2D eigenvalue weighted by atomic mass is 10.2. The molecule has 1 aliphatic heterocycles. The Balaban J connectivity index is 2.32. The summed E-state index contributed by atoms with van der Waals surface area (Å²) in [6, 6.07) is 0. The topological polar surface area (TPSA) is 118 Å².